The first-order valence-corrected chi connectivity index (χ1v) is 7.51. The lowest BCUT2D eigenvalue weighted by atomic mass is 9.74. The van der Waals surface area contributed by atoms with E-state index in [-0.39, 0.29) is 11.9 Å². The summed E-state index contributed by atoms with van der Waals surface area (Å²) in [7, 11) is 1.55. The fourth-order valence-electron chi connectivity index (χ4n) is 2.12. The van der Waals surface area contributed by atoms with E-state index >= 15 is 0 Å². The van der Waals surface area contributed by atoms with Crippen molar-refractivity contribution in [2.45, 2.75) is 41.0 Å². The minimum absolute atomic E-state index is 0.137. The smallest absolute Gasteiger partial charge is 0.312 e. The van der Waals surface area contributed by atoms with Crippen LogP contribution in [0.2, 0.25) is 5.15 Å². The molecule has 0 aliphatic carbocycles. The molecule has 0 amide bonds. The van der Waals surface area contributed by atoms with Crippen LogP contribution < -0.4 is 4.74 Å². The van der Waals surface area contributed by atoms with Gasteiger partial charge in [-0.3, -0.25) is 4.79 Å². The van der Waals surface area contributed by atoms with E-state index in [1.165, 1.54) is 0 Å². The van der Waals surface area contributed by atoms with E-state index in [0.717, 1.165) is 11.3 Å². The Balaban J connectivity index is 3.18. The highest BCUT2D eigenvalue weighted by Crippen LogP contribution is 2.35. The Morgan fingerprint density at radius 2 is 2.10 bits per heavy atom. The quantitative estimate of drug-likeness (QED) is 0.591. The molecule has 1 heterocycles. The van der Waals surface area contributed by atoms with Crippen molar-refractivity contribution in [3.05, 3.63) is 22.5 Å². The molecule has 1 aromatic heterocycles. The van der Waals surface area contributed by atoms with Crippen molar-refractivity contribution in [2.75, 3.05) is 13.7 Å². The monoisotopic (exact) mass is 313 g/mol. The lowest BCUT2D eigenvalue weighted by molar-refractivity contribution is -0.157. The van der Waals surface area contributed by atoms with E-state index < -0.39 is 5.41 Å². The normalized spacial score (nSPS) is 13.9. The fourth-order valence-corrected chi connectivity index (χ4v) is 2.38. The van der Waals surface area contributed by atoms with Gasteiger partial charge in [-0.05, 0) is 44.7 Å². The van der Waals surface area contributed by atoms with Crippen molar-refractivity contribution in [3.8, 4) is 5.75 Å². The molecule has 0 radical (unpaired) electrons. The molecule has 0 N–H and O–H groups in total. The van der Waals surface area contributed by atoms with Gasteiger partial charge in [-0.15, -0.1) is 0 Å². The maximum atomic E-state index is 12.3. The number of ether oxygens (including phenoxy) is 2. The van der Waals surface area contributed by atoms with Crippen LogP contribution >= 0.6 is 11.6 Å². The van der Waals surface area contributed by atoms with Crippen LogP contribution in [0, 0.1) is 18.3 Å². The second-order valence-corrected chi connectivity index (χ2v) is 6.05. The summed E-state index contributed by atoms with van der Waals surface area (Å²) < 4.78 is 10.5. The Hall–Kier alpha value is -1.29. The zero-order valence-corrected chi connectivity index (χ0v) is 14.4. The molecule has 1 rings (SSSR count). The van der Waals surface area contributed by atoms with Crippen molar-refractivity contribution in [1.29, 1.82) is 0 Å². The number of carbonyl (C=O) groups excluding carboxylic acids is 1. The summed E-state index contributed by atoms with van der Waals surface area (Å²) in [6.45, 7) is 10.0. The van der Waals surface area contributed by atoms with Crippen LogP contribution in [0.3, 0.4) is 0 Å². The first-order chi connectivity index (χ1) is 9.76. The largest absolute Gasteiger partial charge is 0.494 e. The number of aromatic nitrogens is 1. The van der Waals surface area contributed by atoms with E-state index in [1.54, 1.807) is 7.11 Å². The molecular weight excluding hydrogens is 290 g/mol. The molecule has 0 fully saturated rings. The lowest BCUT2D eigenvalue weighted by Crippen LogP contribution is -2.37. The molecule has 0 saturated heterocycles. The average molecular weight is 314 g/mol. The molecule has 1 unspecified atom stereocenters. The second kappa shape index (κ2) is 7.12. The van der Waals surface area contributed by atoms with Gasteiger partial charge < -0.3 is 9.47 Å². The Labute approximate surface area is 131 Å². The second-order valence-electron chi connectivity index (χ2n) is 5.70. The third kappa shape index (κ3) is 3.88. The van der Waals surface area contributed by atoms with Gasteiger partial charge in [0.2, 0.25) is 0 Å². The molecule has 0 aliphatic heterocycles. The van der Waals surface area contributed by atoms with E-state index in [9.17, 15) is 4.79 Å². The molecule has 0 saturated carbocycles. The number of hydrogen-bond donors (Lipinski definition) is 0. The van der Waals surface area contributed by atoms with Crippen LogP contribution in [-0.2, 0) is 16.0 Å². The predicted molar refractivity (Wildman–Crippen MR) is 83.8 cm³/mol. The maximum Gasteiger partial charge on any atom is 0.312 e. The average Bonchev–Trinajstić information content (AvgIpc) is 2.41. The summed E-state index contributed by atoms with van der Waals surface area (Å²) in [6.07, 6.45) is 0.538. The summed E-state index contributed by atoms with van der Waals surface area (Å²) in [6, 6.07) is 1.85. The van der Waals surface area contributed by atoms with Crippen LogP contribution in [0.5, 0.6) is 5.75 Å². The molecule has 1 atom stereocenters. The highest BCUT2D eigenvalue weighted by atomic mass is 35.5. The van der Waals surface area contributed by atoms with Gasteiger partial charge in [-0.1, -0.05) is 25.4 Å². The molecule has 0 bridgehead atoms. The van der Waals surface area contributed by atoms with Crippen LogP contribution in [0.15, 0.2) is 6.07 Å². The number of carbonyl (C=O) groups is 1. The van der Waals surface area contributed by atoms with Crippen LogP contribution in [-0.4, -0.2) is 24.7 Å². The number of rotatable bonds is 6. The minimum atomic E-state index is -0.610. The predicted octanol–water partition coefficient (Wildman–Crippen LogP) is 3.82. The Morgan fingerprint density at radius 1 is 1.48 bits per heavy atom. The molecule has 0 aliphatic rings. The third-order valence-corrected chi connectivity index (χ3v) is 4.30. The summed E-state index contributed by atoms with van der Waals surface area (Å²) in [5.74, 6) is 0.471. The van der Waals surface area contributed by atoms with E-state index in [1.807, 2.05) is 40.7 Å². The van der Waals surface area contributed by atoms with Gasteiger partial charge in [0.15, 0.2) is 10.9 Å². The summed E-state index contributed by atoms with van der Waals surface area (Å²) in [4.78, 5) is 16.6. The molecule has 1 aromatic rings. The van der Waals surface area contributed by atoms with Crippen LogP contribution in [0.4, 0.5) is 0 Å². The van der Waals surface area contributed by atoms with Gasteiger partial charge >= 0.3 is 5.97 Å². The van der Waals surface area contributed by atoms with E-state index in [0.29, 0.717) is 23.9 Å². The summed E-state index contributed by atoms with van der Waals surface area (Å²) in [5.41, 5.74) is 1.14. The number of hydrogen-bond acceptors (Lipinski definition) is 4. The number of pyridine rings is 1. The Kier molecular flexibility index (Phi) is 6.02. The zero-order valence-electron chi connectivity index (χ0n) is 13.6. The zero-order chi connectivity index (χ0) is 16.2. The maximum absolute atomic E-state index is 12.3. The highest BCUT2D eigenvalue weighted by molar-refractivity contribution is 6.30. The molecule has 118 valence electrons. The topological polar surface area (TPSA) is 48.4 Å². The highest BCUT2D eigenvalue weighted by Gasteiger charge is 2.38. The van der Waals surface area contributed by atoms with Crippen molar-refractivity contribution >= 4 is 17.6 Å². The SMILES string of the molecule is CCOC(=O)C(C)(Cc1cc(OC)c(Cl)nc1C)C(C)C. The Bertz CT molecular complexity index is 516. The molecular formula is C16H24ClNO3. The van der Waals surface area contributed by atoms with Gasteiger partial charge in [-0.2, -0.15) is 0 Å². The fraction of sp³-hybridized carbons (Fsp3) is 0.625. The number of nitrogens with zero attached hydrogens (tertiary/aromatic N) is 1. The van der Waals surface area contributed by atoms with E-state index in [2.05, 4.69) is 4.98 Å². The van der Waals surface area contributed by atoms with Gasteiger partial charge in [0.05, 0.1) is 19.1 Å². The summed E-state index contributed by atoms with van der Waals surface area (Å²) >= 11 is 6.02. The van der Waals surface area contributed by atoms with Crippen molar-refractivity contribution in [2.24, 2.45) is 11.3 Å². The first-order valence-electron chi connectivity index (χ1n) is 7.13. The molecule has 21 heavy (non-hydrogen) atoms. The van der Waals surface area contributed by atoms with Crippen molar-refractivity contribution < 1.29 is 14.3 Å². The minimum Gasteiger partial charge on any atom is -0.494 e. The standard InChI is InChI=1S/C16H24ClNO3/c1-7-21-15(19)16(5,10(2)3)9-12-8-13(20-6)14(17)18-11(12)4/h8,10H,7,9H2,1-6H3. The van der Waals surface area contributed by atoms with Crippen molar-refractivity contribution in [1.82, 2.24) is 4.98 Å². The van der Waals surface area contributed by atoms with Gasteiger partial charge in [0.1, 0.15) is 0 Å². The number of methoxy groups -OCH3 is 1. The number of halogens is 1. The molecule has 0 spiro atoms. The van der Waals surface area contributed by atoms with E-state index in [4.69, 9.17) is 21.1 Å². The number of esters is 1. The third-order valence-electron chi connectivity index (χ3n) is 4.03. The molecule has 0 aromatic carbocycles. The Morgan fingerprint density at radius 3 is 2.57 bits per heavy atom. The van der Waals surface area contributed by atoms with Gasteiger partial charge in [0, 0.05) is 5.69 Å². The van der Waals surface area contributed by atoms with Gasteiger partial charge in [0.25, 0.3) is 0 Å². The summed E-state index contributed by atoms with van der Waals surface area (Å²) in [5, 5.41) is 0.334. The number of aryl methyl sites for hydroxylation is 1. The molecule has 5 heteroatoms. The van der Waals surface area contributed by atoms with Crippen LogP contribution in [0.25, 0.3) is 0 Å². The molecule has 4 nitrogen and oxygen atoms in total. The first kappa shape index (κ1) is 17.8. The lowest BCUT2D eigenvalue weighted by Gasteiger charge is -2.31. The van der Waals surface area contributed by atoms with Crippen LogP contribution in [0.1, 0.15) is 39.0 Å². The van der Waals surface area contributed by atoms with Gasteiger partial charge in [-0.25, -0.2) is 4.98 Å². The van der Waals surface area contributed by atoms with Crippen molar-refractivity contribution in [3.63, 3.8) is 0 Å².